The van der Waals surface area contributed by atoms with E-state index in [4.69, 9.17) is 39.1 Å². The van der Waals surface area contributed by atoms with Gasteiger partial charge in [0.05, 0.1) is 0 Å². The van der Waals surface area contributed by atoms with E-state index in [1.807, 2.05) is 0 Å². The van der Waals surface area contributed by atoms with Crippen LogP contribution in [0.5, 0.6) is 0 Å². The Kier molecular flexibility index (Phi) is 18.1. The van der Waals surface area contributed by atoms with Crippen LogP contribution in [0.2, 0.25) is 0 Å². The molecule has 20 heavy (non-hydrogen) atoms. The number of rotatable bonds is 4. The van der Waals surface area contributed by atoms with Gasteiger partial charge in [-0.1, -0.05) is 0 Å². The number of phosphoric acid groups is 4. The summed E-state index contributed by atoms with van der Waals surface area (Å²) in [6.45, 7) is 0. The second-order valence-electron chi connectivity index (χ2n) is 2.13. The zero-order valence-corrected chi connectivity index (χ0v) is 11.4. The van der Waals surface area contributed by atoms with Crippen molar-refractivity contribution in [3.63, 3.8) is 0 Å². The molecule has 0 aromatic heterocycles. The summed E-state index contributed by atoms with van der Waals surface area (Å²) >= 11 is 0. The zero-order valence-electron chi connectivity index (χ0n) is 7.82. The van der Waals surface area contributed by atoms with Gasteiger partial charge in [0.15, 0.2) is 0 Å². The van der Waals surface area contributed by atoms with Crippen LogP contribution in [-0.4, -0.2) is 120 Å². The fourth-order valence-electron chi connectivity index (χ4n) is 0.277. The molecule has 20 heteroatoms. The second-order valence-corrected chi connectivity index (χ2v) is 7.36. The molecule has 0 aliphatic rings. The first kappa shape index (κ1) is 31.0. The number of hydrogen-bond acceptors (Lipinski definition) is 6. The summed E-state index contributed by atoms with van der Waals surface area (Å²) in [6, 6.07) is 0. The molecule has 0 radical (unpaired) electrons. The summed E-state index contributed by atoms with van der Waals surface area (Å²) < 4.78 is 44.4. The van der Waals surface area contributed by atoms with Gasteiger partial charge in [0.2, 0.25) is 0 Å². The van der Waals surface area contributed by atoms with Crippen molar-refractivity contribution in [3.05, 3.63) is 0 Å². The molecule has 8 N–H and O–H groups in total. The van der Waals surface area contributed by atoms with Crippen molar-refractivity contribution in [2.24, 2.45) is 0 Å². The molecule has 0 unspecified atom stereocenters. The maximum absolute atomic E-state index is 9.63. The van der Waals surface area contributed by atoms with E-state index in [1.165, 1.54) is 0 Å². The van der Waals surface area contributed by atoms with Gasteiger partial charge in [-0.05, 0) is 0 Å². The van der Waals surface area contributed by atoms with E-state index >= 15 is 0 Å². The molecule has 0 fully saturated rings. The van der Waals surface area contributed by atoms with Crippen molar-refractivity contribution in [2.75, 3.05) is 0 Å². The molecule has 0 atom stereocenters. The van der Waals surface area contributed by atoms with Gasteiger partial charge in [-0.2, -0.15) is 8.62 Å². The van der Waals surface area contributed by atoms with Gasteiger partial charge in [-0.15, -0.1) is 0 Å². The van der Waals surface area contributed by atoms with Gasteiger partial charge in [0.1, 0.15) is 0 Å². The molecule has 0 spiro atoms. The van der Waals surface area contributed by atoms with Crippen molar-refractivity contribution >= 4 is 112 Å². The molecule has 0 amide bonds. The van der Waals surface area contributed by atoms with Crippen LogP contribution in [0, 0.1) is 0 Å². The molecule has 0 aromatic rings. The van der Waals surface area contributed by atoms with Crippen LogP contribution in [0.15, 0.2) is 0 Å². The molecule has 0 aromatic carbocycles. The molecule has 0 rings (SSSR count). The molecular weight excluding hydrogens is 410 g/mol. The van der Waals surface area contributed by atoms with Crippen LogP contribution in [0.25, 0.3) is 0 Å². The summed E-state index contributed by atoms with van der Waals surface area (Å²) in [4.78, 5) is 62.0. The van der Waals surface area contributed by atoms with Crippen LogP contribution < -0.4 is 0 Å². The van der Waals surface area contributed by atoms with Gasteiger partial charge in [-0.25, -0.2) is 18.3 Å². The molecule has 0 saturated heterocycles. The Morgan fingerprint density at radius 1 is 0.500 bits per heavy atom. The monoisotopic (exact) mass is 420 g/mol. The maximum atomic E-state index is 9.63. The average molecular weight is 420 g/mol. The SMILES string of the molecule is O=P(O)(O)OP(=O)(O)O.O=P(O)(O)OP(=O)(O)O.[KH].[NaH]. The Hall–Kier alpha value is 3.16. The van der Waals surface area contributed by atoms with Crippen molar-refractivity contribution < 1.29 is 66.0 Å². The van der Waals surface area contributed by atoms with E-state index in [2.05, 4.69) is 8.62 Å². The molecule has 0 bridgehead atoms. The summed E-state index contributed by atoms with van der Waals surface area (Å²) in [5.74, 6) is 0. The van der Waals surface area contributed by atoms with Gasteiger partial charge in [0, 0.05) is 0 Å². The molecule has 0 aliphatic heterocycles. The summed E-state index contributed by atoms with van der Waals surface area (Å²) in [5, 5.41) is 0. The normalized spacial score (nSPS) is 12.4. The van der Waals surface area contributed by atoms with Crippen LogP contribution in [-0.2, 0) is 26.9 Å². The zero-order chi connectivity index (χ0) is 15.4. The minimum atomic E-state index is -5.05. The van der Waals surface area contributed by atoms with E-state index in [-0.39, 0.29) is 80.9 Å². The molecule has 0 aliphatic carbocycles. The molecule has 0 heterocycles. The first-order valence-corrected chi connectivity index (χ1v) is 9.18. The van der Waals surface area contributed by atoms with E-state index in [9.17, 15) is 18.3 Å². The van der Waals surface area contributed by atoms with Gasteiger partial charge < -0.3 is 39.1 Å². The third-order valence-electron chi connectivity index (χ3n) is 0.425. The molecule has 14 nitrogen and oxygen atoms in total. The molecule has 0 saturated carbocycles. The predicted molar refractivity (Wildman–Crippen MR) is 64.6 cm³/mol. The van der Waals surface area contributed by atoms with E-state index < -0.39 is 31.3 Å². The third-order valence-corrected chi connectivity index (χ3v) is 3.83. The van der Waals surface area contributed by atoms with Gasteiger partial charge in [0.25, 0.3) is 0 Å². The quantitative estimate of drug-likeness (QED) is 0.168. The van der Waals surface area contributed by atoms with Crippen molar-refractivity contribution in [2.45, 2.75) is 0 Å². The topological polar surface area (TPSA) is 249 Å². The van der Waals surface area contributed by atoms with Crippen LogP contribution in [0.4, 0.5) is 0 Å². The fourth-order valence-corrected chi connectivity index (χ4v) is 2.49. The van der Waals surface area contributed by atoms with Crippen LogP contribution in [0.1, 0.15) is 0 Å². The summed E-state index contributed by atoms with van der Waals surface area (Å²) in [5.41, 5.74) is 0. The van der Waals surface area contributed by atoms with E-state index in [0.29, 0.717) is 0 Å². The molecule has 116 valence electrons. The minimum absolute atomic E-state index is 0. The summed E-state index contributed by atoms with van der Waals surface area (Å²) in [7, 11) is -20.2. The third kappa shape index (κ3) is 37.4. The average Bonchev–Trinajstić information content (AvgIpc) is 1.64. The second kappa shape index (κ2) is 11.7. The van der Waals surface area contributed by atoms with Gasteiger partial charge >= 0.3 is 112 Å². The van der Waals surface area contributed by atoms with E-state index in [1.54, 1.807) is 0 Å². The number of hydrogen-bond donors (Lipinski definition) is 8. The van der Waals surface area contributed by atoms with Crippen LogP contribution >= 0.6 is 31.3 Å². The predicted octanol–water partition coefficient (Wildman–Crippen LogP) is -2.92. The fraction of sp³-hybridized carbons (Fsp3) is 0. The Morgan fingerprint density at radius 3 is 0.600 bits per heavy atom. The van der Waals surface area contributed by atoms with E-state index in [0.717, 1.165) is 0 Å². The summed E-state index contributed by atoms with van der Waals surface area (Å²) in [6.07, 6.45) is 0. The first-order valence-electron chi connectivity index (χ1n) is 3.06. The van der Waals surface area contributed by atoms with Gasteiger partial charge in [-0.3, -0.25) is 0 Å². The Bertz CT molecular complexity index is 348. The van der Waals surface area contributed by atoms with Crippen molar-refractivity contribution in [3.8, 4) is 0 Å². The Balaban J connectivity index is -0.000000116. The van der Waals surface area contributed by atoms with Crippen molar-refractivity contribution in [1.29, 1.82) is 0 Å². The van der Waals surface area contributed by atoms with Crippen LogP contribution in [0.3, 0.4) is 0 Å². The Labute approximate surface area is 175 Å². The standard InChI is InChI=1S/K.Na.2H4O7P2.2H/c;;2*1-8(2,3)7-9(4,5)6;;/h;;2*(H2,1,2,3)(H2,4,5,6);;. The molecular formula is H10KNaO14P4. The first-order chi connectivity index (χ1) is 7.41. The van der Waals surface area contributed by atoms with Crippen molar-refractivity contribution in [1.82, 2.24) is 0 Å². The Morgan fingerprint density at radius 2 is 0.600 bits per heavy atom.